The fraction of sp³-hybridized carbons (Fsp3) is 0.636. The van der Waals surface area contributed by atoms with Gasteiger partial charge in [0.25, 0.3) is 5.92 Å². The predicted octanol–water partition coefficient (Wildman–Crippen LogP) is 11.2. The molecule has 1 unspecified atom stereocenters. The molecule has 0 fully saturated rings. The van der Waals surface area contributed by atoms with Crippen LogP contribution in [0.25, 0.3) is 11.1 Å². The standard InChI is InChI=1S/C33H46F4O/c1-3-5-7-9-11-12-14-16-27-20-17-26-24-29(31(34)32(35)30(26)33(27,36)37)25-18-21-28(22-19-25)38-23-15-13-10-8-6-4-2/h18-19,21-22,24,27H,3-17,20,23H2,1-2H3. The minimum atomic E-state index is -3.35. The second-order valence-electron chi connectivity index (χ2n) is 11.0. The van der Waals surface area contributed by atoms with Crippen LogP contribution in [0.3, 0.4) is 0 Å². The third-order valence-electron chi connectivity index (χ3n) is 7.98. The van der Waals surface area contributed by atoms with Crippen molar-refractivity contribution in [3.05, 3.63) is 53.1 Å². The summed E-state index contributed by atoms with van der Waals surface area (Å²) in [5.74, 6) is -6.21. The number of unbranched alkanes of at least 4 members (excludes halogenated alkanes) is 11. The second kappa shape index (κ2) is 15.5. The SMILES string of the molecule is CCCCCCCCCC1CCc2cc(-c3ccc(OCCCCCCCC)cc3)c(F)c(F)c2C1(F)F. The Morgan fingerprint density at radius 3 is 1.97 bits per heavy atom. The van der Waals surface area contributed by atoms with E-state index in [-0.39, 0.29) is 11.1 Å². The third kappa shape index (κ3) is 8.23. The number of alkyl halides is 2. The number of benzene rings is 2. The molecule has 2 aromatic rings. The third-order valence-corrected chi connectivity index (χ3v) is 7.98. The molecule has 1 atom stereocenters. The highest BCUT2D eigenvalue weighted by atomic mass is 19.3. The van der Waals surface area contributed by atoms with E-state index in [0.717, 1.165) is 32.1 Å². The topological polar surface area (TPSA) is 9.23 Å². The van der Waals surface area contributed by atoms with Gasteiger partial charge in [-0.05, 0) is 55.0 Å². The lowest BCUT2D eigenvalue weighted by Crippen LogP contribution is -2.33. The lowest BCUT2D eigenvalue weighted by Gasteiger charge is -2.34. The van der Waals surface area contributed by atoms with E-state index in [1.165, 1.54) is 51.0 Å². The monoisotopic (exact) mass is 534 g/mol. The fourth-order valence-corrected chi connectivity index (χ4v) is 5.64. The summed E-state index contributed by atoms with van der Waals surface area (Å²) in [7, 11) is 0. The summed E-state index contributed by atoms with van der Waals surface area (Å²) in [6.45, 7) is 4.97. The molecule has 1 nitrogen and oxygen atoms in total. The molecule has 0 radical (unpaired) electrons. The van der Waals surface area contributed by atoms with Crippen LogP contribution in [-0.4, -0.2) is 6.61 Å². The van der Waals surface area contributed by atoms with E-state index in [0.29, 0.717) is 43.6 Å². The van der Waals surface area contributed by atoms with Crippen molar-refractivity contribution in [2.75, 3.05) is 6.61 Å². The van der Waals surface area contributed by atoms with Crippen LogP contribution in [0.2, 0.25) is 0 Å². The lowest BCUT2D eigenvalue weighted by atomic mass is 9.77. The van der Waals surface area contributed by atoms with Gasteiger partial charge in [0.15, 0.2) is 11.6 Å². The van der Waals surface area contributed by atoms with Crippen molar-refractivity contribution in [1.82, 2.24) is 0 Å². The summed E-state index contributed by atoms with van der Waals surface area (Å²) >= 11 is 0. The molecule has 3 rings (SSSR count). The molecular formula is C33H46F4O. The molecule has 0 amide bonds. The largest absolute Gasteiger partial charge is 0.494 e. The van der Waals surface area contributed by atoms with E-state index in [9.17, 15) is 0 Å². The summed E-state index contributed by atoms with van der Waals surface area (Å²) in [5, 5.41) is 0. The Morgan fingerprint density at radius 2 is 1.34 bits per heavy atom. The summed E-state index contributed by atoms with van der Waals surface area (Å²) < 4.78 is 66.9. The highest BCUT2D eigenvalue weighted by molar-refractivity contribution is 5.67. The average molecular weight is 535 g/mol. The van der Waals surface area contributed by atoms with Gasteiger partial charge >= 0.3 is 0 Å². The summed E-state index contributed by atoms with van der Waals surface area (Å²) in [6.07, 6.45) is 15.4. The van der Waals surface area contributed by atoms with Gasteiger partial charge in [-0.2, -0.15) is 0 Å². The van der Waals surface area contributed by atoms with Gasteiger partial charge in [0.1, 0.15) is 5.75 Å². The number of rotatable bonds is 17. The first-order chi connectivity index (χ1) is 18.4. The zero-order chi connectivity index (χ0) is 27.4. The number of ether oxygens (including phenoxy) is 1. The van der Waals surface area contributed by atoms with Crippen LogP contribution in [0, 0.1) is 17.6 Å². The molecule has 0 aromatic heterocycles. The maximum atomic E-state index is 15.4. The molecule has 1 aliphatic carbocycles. The Hall–Kier alpha value is -2.04. The van der Waals surface area contributed by atoms with E-state index in [4.69, 9.17) is 4.74 Å². The highest BCUT2D eigenvalue weighted by Gasteiger charge is 2.48. The predicted molar refractivity (Wildman–Crippen MR) is 149 cm³/mol. The van der Waals surface area contributed by atoms with Crippen LogP contribution in [0.15, 0.2) is 30.3 Å². The fourth-order valence-electron chi connectivity index (χ4n) is 5.64. The van der Waals surface area contributed by atoms with Crippen molar-refractivity contribution >= 4 is 0 Å². The number of hydrogen-bond acceptors (Lipinski definition) is 1. The Kier molecular flexibility index (Phi) is 12.5. The van der Waals surface area contributed by atoms with Gasteiger partial charge in [-0.3, -0.25) is 0 Å². The van der Waals surface area contributed by atoms with Gasteiger partial charge in [-0.15, -0.1) is 0 Å². The van der Waals surface area contributed by atoms with Gasteiger partial charge in [0, 0.05) is 11.5 Å². The van der Waals surface area contributed by atoms with Gasteiger partial charge in [-0.25, -0.2) is 17.6 Å². The lowest BCUT2D eigenvalue weighted by molar-refractivity contribution is -0.0823. The molecule has 1 aliphatic rings. The molecule has 0 heterocycles. The molecule has 0 saturated heterocycles. The number of halogens is 4. The molecule has 212 valence electrons. The van der Waals surface area contributed by atoms with Crippen molar-refractivity contribution in [1.29, 1.82) is 0 Å². The van der Waals surface area contributed by atoms with E-state index in [1.807, 2.05) is 0 Å². The summed E-state index contributed by atoms with van der Waals surface area (Å²) in [6, 6.07) is 8.24. The van der Waals surface area contributed by atoms with Gasteiger partial charge in [0.05, 0.1) is 12.2 Å². The molecule has 2 aromatic carbocycles. The number of aryl methyl sites for hydroxylation is 1. The summed E-state index contributed by atoms with van der Waals surface area (Å²) in [5.41, 5.74) is -0.00497. The quantitative estimate of drug-likeness (QED) is 0.145. The zero-order valence-corrected chi connectivity index (χ0v) is 23.4. The van der Waals surface area contributed by atoms with Crippen molar-refractivity contribution in [3.8, 4) is 16.9 Å². The van der Waals surface area contributed by atoms with Gasteiger partial charge in [-0.1, -0.05) is 103 Å². The molecule has 0 spiro atoms. The van der Waals surface area contributed by atoms with Gasteiger partial charge in [0.2, 0.25) is 0 Å². The van der Waals surface area contributed by atoms with Crippen molar-refractivity contribution in [2.24, 2.45) is 5.92 Å². The molecule has 0 N–H and O–H groups in total. The average Bonchev–Trinajstić information content (AvgIpc) is 2.90. The van der Waals surface area contributed by atoms with Crippen LogP contribution in [0.5, 0.6) is 5.75 Å². The molecule has 0 saturated carbocycles. The van der Waals surface area contributed by atoms with Crippen LogP contribution < -0.4 is 4.74 Å². The van der Waals surface area contributed by atoms with Crippen LogP contribution in [-0.2, 0) is 12.3 Å². The van der Waals surface area contributed by atoms with Crippen molar-refractivity contribution in [3.63, 3.8) is 0 Å². The first-order valence-electron chi connectivity index (χ1n) is 15.0. The number of fused-ring (bicyclic) bond motifs is 1. The minimum Gasteiger partial charge on any atom is -0.494 e. The van der Waals surface area contributed by atoms with E-state index < -0.39 is 29.0 Å². The Labute approximate surface area is 227 Å². The Morgan fingerprint density at radius 1 is 0.763 bits per heavy atom. The number of hydrogen-bond donors (Lipinski definition) is 0. The van der Waals surface area contributed by atoms with Crippen molar-refractivity contribution < 1.29 is 22.3 Å². The van der Waals surface area contributed by atoms with Crippen LogP contribution in [0.4, 0.5) is 17.6 Å². The Bertz CT molecular complexity index is 970. The zero-order valence-electron chi connectivity index (χ0n) is 23.4. The summed E-state index contributed by atoms with van der Waals surface area (Å²) in [4.78, 5) is 0. The first kappa shape index (κ1) is 30.5. The van der Waals surface area contributed by atoms with E-state index in [2.05, 4.69) is 13.8 Å². The maximum Gasteiger partial charge on any atom is 0.279 e. The molecule has 0 bridgehead atoms. The molecule has 38 heavy (non-hydrogen) atoms. The Balaban J connectivity index is 1.60. The molecule has 5 heteroatoms. The minimum absolute atomic E-state index is 0.0325. The van der Waals surface area contributed by atoms with Crippen LogP contribution in [0.1, 0.15) is 121 Å². The highest BCUT2D eigenvalue weighted by Crippen LogP contribution is 2.49. The van der Waals surface area contributed by atoms with Gasteiger partial charge < -0.3 is 4.74 Å². The van der Waals surface area contributed by atoms with E-state index in [1.54, 1.807) is 24.3 Å². The van der Waals surface area contributed by atoms with E-state index >= 15 is 17.6 Å². The molecular weight excluding hydrogens is 488 g/mol. The smallest absolute Gasteiger partial charge is 0.279 e. The second-order valence-corrected chi connectivity index (χ2v) is 11.0. The van der Waals surface area contributed by atoms with Crippen LogP contribution >= 0.6 is 0 Å². The maximum absolute atomic E-state index is 15.4. The van der Waals surface area contributed by atoms with Crippen molar-refractivity contribution in [2.45, 2.75) is 123 Å². The normalized spacial score (nSPS) is 16.4. The first-order valence-corrected chi connectivity index (χ1v) is 15.0. The molecule has 0 aliphatic heterocycles.